The SMILES string of the molecule is CCN1CCOC(CCOC)C1. The van der Waals surface area contributed by atoms with Crippen LogP contribution >= 0.6 is 0 Å². The highest BCUT2D eigenvalue weighted by Crippen LogP contribution is 2.07. The van der Waals surface area contributed by atoms with Gasteiger partial charge in [0.2, 0.25) is 0 Å². The predicted octanol–water partition coefficient (Wildman–Crippen LogP) is 0.744. The van der Waals surface area contributed by atoms with E-state index in [4.69, 9.17) is 9.47 Å². The van der Waals surface area contributed by atoms with Gasteiger partial charge >= 0.3 is 0 Å². The van der Waals surface area contributed by atoms with E-state index in [9.17, 15) is 0 Å². The van der Waals surface area contributed by atoms with Crippen molar-refractivity contribution < 1.29 is 9.47 Å². The molecule has 0 aromatic heterocycles. The van der Waals surface area contributed by atoms with Gasteiger partial charge in [0.15, 0.2) is 0 Å². The fraction of sp³-hybridized carbons (Fsp3) is 1.00. The van der Waals surface area contributed by atoms with Crippen molar-refractivity contribution >= 4 is 0 Å². The second-order valence-electron chi connectivity index (χ2n) is 3.17. The second-order valence-corrected chi connectivity index (χ2v) is 3.17. The number of hydrogen-bond donors (Lipinski definition) is 0. The van der Waals surface area contributed by atoms with Crippen molar-refractivity contribution in [1.82, 2.24) is 4.90 Å². The summed E-state index contributed by atoms with van der Waals surface area (Å²) in [6.07, 6.45) is 1.41. The van der Waals surface area contributed by atoms with Gasteiger partial charge in [0.25, 0.3) is 0 Å². The van der Waals surface area contributed by atoms with Gasteiger partial charge in [-0.3, -0.25) is 4.90 Å². The second kappa shape index (κ2) is 5.51. The summed E-state index contributed by atoms with van der Waals surface area (Å²) >= 11 is 0. The minimum absolute atomic E-state index is 0.388. The molecule has 0 aliphatic carbocycles. The molecular formula is C9H19NO2. The highest BCUT2D eigenvalue weighted by atomic mass is 16.5. The molecule has 0 amide bonds. The molecule has 0 aromatic carbocycles. The van der Waals surface area contributed by atoms with Crippen molar-refractivity contribution in [3.8, 4) is 0 Å². The average molecular weight is 173 g/mol. The molecule has 1 heterocycles. The minimum Gasteiger partial charge on any atom is -0.385 e. The maximum absolute atomic E-state index is 5.59. The van der Waals surface area contributed by atoms with E-state index >= 15 is 0 Å². The number of ether oxygens (including phenoxy) is 2. The zero-order chi connectivity index (χ0) is 8.81. The number of hydrogen-bond acceptors (Lipinski definition) is 3. The summed E-state index contributed by atoms with van der Waals surface area (Å²) in [6, 6.07) is 0. The summed E-state index contributed by atoms with van der Waals surface area (Å²) in [4.78, 5) is 2.42. The number of nitrogens with zero attached hydrogens (tertiary/aromatic N) is 1. The third-order valence-corrected chi connectivity index (χ3v) is 2.31. The molecule has 1 saturated heterocycles. The summed E-state index contributed by atoms with van der Waals surface area (Å²) in [5.41, 5.74) is 0. The molecule has 1 unspecified atom stereocenters. The first kappa shape index (κ1) is 9.96. The van der Waals surface area contributed by atoms with Crippen LogP contribution in [0.15, 0.2) is 0 Å². The van der Waals surface area contributed by atoms with Crippen molar-refractivity contribution in [2.45, 2.75) is 19.4 Å². The van der Waals surface area contributed by atoms with Crippen LogP contribution in [0.4, 0.5) is 0 Å². The van der Waals surface area contributed by atoms with Gasteiger partial charge in [0.1, 0.15) is 0 Å². The molecule has 0 N–H and O–H groups in total. The van der Waals surface area contributed by atoms with E-state index in [1.54, 1.807) is 7.11 Å². The Kier molecular flexibility index (Phi) is 4.58. The maximum atomic E-state index is 5.59. The van der Waals surface area contributed by atoms with Crippen molar-refractivity contribution in [3.05, 3.63) is 0 Å². The highest BCUT2D eigenvalue weighted by Gasteiger charge is 2.18. The Bertz CT molecular complexity index is 119. The predicted molar refractivity (Wildman–Crippen MR) is 48.3 cm³/mol. The van der Waals surface area contributed by atoms with Crippen LogP contribution in [-0.2, 0) is 9.47 Å². The molecule has 0 saturated carbocycles. The third kappa shape index (κ3) is 3.09. The Morgan fingerprint density at radius 2 is 2.42 bits per heavy atom. The Morgan fingerprint density at radius 1 is 1.58 bits per heavy atom. The number of likely N-dealkylation sites (N-methyl/N-ethyl adjacent to an activating group) is 1. The highest BCUT2D eigenvalue weighted by molar-refractivity contribution is 4.69. The van der Waals surface area contributed by atoms with Crippen LogP contribution in [0, 0.1) is 0 Å². The van der Waals surface area contributed by atoms with Crippen LogP contribution in [0.3, 0.4) is 0 Å². The summed E-state index contributed by atoms with van der Waals surface area (Å²) in [7, 11) is 1.74. The molecule has 3 nitrogen and oxygen atoms in total. The van der Waals surface area contributed by atoms with Gasteiger partial charge in [-0.1, -0.05) is 6.92 Å². The van der Waals surface area contributed by atoms with Gasteiger partial charge in [-0.05, 0) is 13.0 Å². The van der Waals surface area contributed by atoms with Crippen molar-refractivity contribution in [3.63, 3.8) is 0 Å². The lowest BCUT2D eigenvalue weighted by atomic mass is 10.2. The molecule has 0 aromatic rings. The summed E-state index contributed by atoms with van der Waals surface area (Å²) in [5, 5.41) is 0. The smallest absolute Gasteiger partial charge is 0.0724 e. The van der Waals surface area contributed by atoms with Gasteiger partial charge in [0, 0.05) is 26.8 Å². The van der Waals surface area contributed by atoms with Crippen molar-refractivity contribution in [2.24, 2.45) is 0 Å². The molecule has 1 atom stereocenters. The monoisotopic (exact) mass is 173 g/mol. The fourth-order valence-corrected chi connectivity index (χ4v) is 1.49. The van der Waals surface area contributed by atoms with Crippen LogP contribution in [0.5, 0.6) is 0 Å². The standard InChI is InChI=1S/C9H19NO2/c1-3-10-5-7-12-9(8-10)4-6-11-2/h9H,3-8H2,1-2H3. The Morgan fingerprint density at radius 3 is 3.08 bits per heavy atom. The van der Waals surface area contributed by atoms with E-state index in [1.165, 1.54) is 0 Å². The van der Waals surface area contributed by atoms with E-state index in [0.29, 0.717) is 6.10 Å². The van der Waals surface area contributed by atoms with Gasteiger partial charge in [-0.2, -0.15) is 0 Å². The fourth-order valence-electron chi connectivity index (χ4n) is 1.49. The van der Waals surface area contributed by atoms with E-state index < -0.39 is 0 Å². The molecule has 0 radical (unpaired) electrons. The lowest BCUT2D eigenvalue weighted by Gasteiger charge is -2.31. The number of morpholine rings is 1. The first-order valence-electron chi connectivity index (χ1n) is 4.69. The lowest BCUT2D eigenvalue weighted by Crippen LogP contribution is -2.42. The van der Waals surface area contributed by atoms with Gasteiger partial charge in [-0.15, -0.1) is 0 Å². The van der Waals surface area contributed by atoms with Crippen LogP contribution in [-0.4, -0.2) is 51.0 Å². The largest absolute Gasteiger partial charge is 0.385 e. The number of methoxy groups -OCH3 is 1. The van der Waals surface area contributed by atoms with Crippen LogP contribution in [0.1, 0.15) is 13.3 Å². The molecule has 12 heavy (non-hydrogen) atoms. The van der Waals surface area contributed by atoms with E-state index in [-0.39, 0.29) is 0 Å². The molecule has 1 rings (SSSR count). The summed E-state index contributed by atoms with van der Waals surface area (Å²) < 4.78 is 10.6. The first-order chi connectivity index (χ1) is 5.86. The summed E-state index contributed by atoms with van der Waals surface area (Å²) in [6.45, 7) is 7.16. The maximum Gasteiger partial charge on any atom is 0.0724 e. The Balaban J connectivity index is 2.16. The van der Waals surface area contributed by atoms with E-state index in [2.05, 4.69) is 11.8 Å². The Hall–Kier alpha value is -0.120. The van der Waals surface area contributed by atoms with Gasteiger partial charge < -0.3 is 9.47 Å². The zero-order valence-electron chi connectivity index (χ0n) is 8.08. The molecular weight excluding hydrogens is 154 g/mol. The Labute approximate surface area is 74.6 Å². The molecule has 0 spiro atoms. The van der Waals surface area contributed by atoms with Crippen molar-refractivity contribution in [2.75, 3.05) is 40.0 Å². The third-order valence-electron chi connectivity index (χ3n) is 2.31. The van der Waals surface area contributed by atoms with E-state index in [1.807, 2.05) is 0 Å². The average Bonchev–Trinajstić information content (AvgIpc) is 2.15. The lowest BCUT2D eigenvalue weighted by molar-refractivity contribution is -0.0390. The molecule has 1 aliphatic heterocycles. The quantitative estimate of drug-likeness (QED) is 0.626. The minimum atomic E-state index is 0.388. The molecule has 3 heteroatoms. The normalized spacial score (nSPS) is 26.0. The summed E-state index contributed by atoms with van der Waals surface area (Å²) in [5.74, 6) is 0. The van der Waals surface area contributed by atoms with Gasteiger partial charge in [0.05, 0.1) is 12.7 Å². The van der Waals surface area contributed by atoms with Gasteiger partial charge in [-0.25, -0.2) is 0 Å². The zero-order valence-corrected chi connectivity index (χ0v) is 8.08. The molecule has 1 aliphatic rings. The van der Waals surface area contributed by atoms with Crippen molar-refractivity contribution in [1.29, 1.82) is 0 Å². The van der Waals surface area contributed by atoms with Crippen LogP contribution < -0.4 is 0 Å². The number of rotatable bonds is 4. The van der Waals surface area contributed by atoms with Crippen LogP contribution in [0.25, 0.3) is 0 Å². The topological polar surface area (TPSA) is 21.7 Å². The van der Waals surface area contributed by atoms with E-state index in [0.717, 1.165) is 39.3 Å². The molecule has 72 valence electrons. The molecule has 0 bridgehead atoms. The first-order valence-corrected chi connectivity index (χ1v) is 4.69. The molecule has 1 fully saturated rings. The van der Waals surface area contributed by atoms with Crippen LogP contribution in [0.2, 0.25) is 0 Å².